The number of carbonyl (C=O) groups is 1. The van der Waals surface area contributed by atoms with Gasteiger partial charge in [0.25, 0.3) is 0 Å². The van der Waals surface area contributed by atoms with Crippen LogP contribution in [0.15, 0.2) is 42.5 Å². The van der Waals surface area contributed by atoms with Crippen LogP contribution in [0.1, 0.15) is 18.4 Å². The van der Waals surface area contributed by atoms with E-state index in [0.29, 0.717) is 6.42 Å². The summed E-state index contributed by atoms with van der Waals surface area (Å²) < 4.78 is 0. The van der Waals surface area contributed by atoms with Gasteiger partial charge in [0.15, 0.2) is 0 Å². The molecular weight excluding hydrogens is 224 g/mol. The second-order valence-corrected chi connectivity index (χ2v) is 4.33. The van der Waals surface area contributed by atoms with E-state index in [1.807, 2.05) is 12.1 Å². The second kappa shape index (κ2) is 6.17. The number of aryl methyl sites for hydroxylation is 1. The van der Waals surface area contributed by atoms with Crippen LogP contribution in [-0.4, -0.2) is 13.0 Å². The van der Waals surface area contributed by atoms with Crippen molar-refractivity contribution in [2.75, 3.05) is 7.05 Å². The van der Waals surface area contributed by atoms with Crippen LogP contribution in [0.2, 0.25) is 0 Å². The van der Waals surface area contributed by atoms with Crippen molar-refractivity contribution in [1.29, 1.82) is 0 Å². The third kappa shape index (κ3) is 3.31. The molecule has 1 amide bonds. The molecule has 3 heteroatoms. The van der Waals surface area contributed by atoms with Gasteiger partial charge in [-0.3, -0.25) is 10.2 Å². The fraction of sp³-hybridized carbons (Fsp3) is 0.267. The van der Waals surface area contributed by atoms with Crippen molar-refractivity contribution in [3.05, 3.63) is 48.0 Å². The highest BCUT2D eigenvalue weighted by atomic mass is 16.2. The largest absolute Gasteiger partial charge is 0.292 e. The highest BCUT2D eigenvalue weighted by molar-refractivity contribution is 5.83. The first kappa shape index (κ1) is 12.6. The average molecular weight is 242 g/mol. The van der Waals surface area contributed by atoms with Crippen molar-refractivity contribution in [1.82, 2.24) is 10.9 Å². The van der Waals surface area contributed by atoms with Crippen LogP contribution in [-0.2, 0) is 11.2 Å². The van der Waals surface area contributed by atoms with Crippen LogP contribution >= 0.6 is 0 Å². The van der Waals surface area contributed by atoms with Crippen molar-refractivity contribution >= 4 is 16.7 Å². The third-order valence-electron chi connectivity index (χ3n) is 2.95. The number of fused-ring (bicyclic) bond motifs is 1. The number of hydrogen-bond acceptors (Lipinski definition) is 2. The zero-order chi connectivity index (χ0) is 12.8. The van der Waals surface area contributed by atoms with E-state index in [-0.39, 0.29) is 5.91 Å². The zero-order valence-corrected chi connectivity index (χ0v) is 10.6. The molecule has 2 aromatic carbocycles. The Morgan fingerprint density at radius 1 is 1.11 bits per heavy atom. The highest BCUT2D eigenvalue weighted by Gasteiger charge is 2.01. The fourth-order valence-corrected chi connectivity index (χ4v) is 2.05. The molecule has 0 spiro atoms. The van der Waals surface area contributed by atoms with E-state index in [1.165, 1.54) is 16.3 Å². The summed E-state index contributed by atoms with van der Waals surface area (Å²) in [7, 11) is 1.70. The molecule has 18 heavy (non-hydrogen) atoms. The van der Waals surface area contributed by atoms with Crippen LogP contribution in [0.4, 0.5) is 0 Å². The van der Waals surface area contributed by atoms with E-state index >= 15 is 0 Å². The number of hydrogen-bond donors (Lipinski definition) is 2. The average Bonchev–Trinajstić information content (AvgIpc) is 2.39. The van der Waals surface area contributed by atoms with Gasteiger partial charge in [-0.25, -0.2) is 5.43 Å². The maximum absolute atomic E-state index is 11.3. The first-order valence-corrected chi connectivity index (χ1v) is 6.23. The summed E-state index contributed by atoms with van der Waals surface area (Å²) in [5.74, 6) is 0.0401. The van der Waals surface area contributed by atoms with Gasteiger partial charge in [0, 0.05) is 13.5 Å². The maximum Gasteiger partial charge on any atom is 0.234 e. The summed E-state index contributed by atoms with van der Waals surface area (Å²) in [5.41, 5.74) is 6.50. The summed E-state index contributed by atoms with van der Waals surface area (Å²) in [6.45, 7) is 0. The van der Waals surface area contributed by atoms with E-state index in [1.54, 1.807) is 7.05 Å². The first-order chi connectivity index (χ1) is 8.79. The van der Waals surface area contributed by atoms with E-state index in [9.17, 15) is 4.79 Å². The Morgan fingerprint density at radius 2 is 1.89 bits per heavy atom. The normalized spacial score (nSPS) is 10.5. The Morgan fingerprint density at radius 3 is 2.67 bits per heavy atom. The predicted octanol–water partition coefficient (Wildman–Crippen LogP) is 2.41. The van der Waals surface area contributed by atoms with E-state index < -0.39 is 0 Å². The third-order valence-corrected chi connectivity index (χ3v) is 2.95. The molecule has 2 N–H and O–H groups in total. The molecule has 2 rings (SSSR count). The molecule has 2 aromatic rings. The maximum atomic E-state index is 11.3. The highest BCUT2D eigenvalue weighted by Crippen LogP contribution is 2.16. The van der Waals surface area contributed by atoms with E-state index in [0.717, 1.165) is 12.8 Å². The molecule has 0 heterocycles. The lowest BCUT2D eigenvalue weighted by Crippen LogP contribution is -2.33. The molecule has 0 aromatic heterocycles. The molecule has 0 saturated heterocycles. The van der Waals surface area contributed by atoms with Crippen LogP contribution in [0.5, 0.6) is 0 Å². The molecule has 3 nitrogen and oxygen atoms in total. The van der Waals surface area contributed by atoms with Gasteiger partial charge in [0.2, 0.25) is 5.91 Å². The van der Waals surface area contributed by atoms with E-state index in [4.69, 9.17) is 0 Å². The first-order valence-electron chi connectivity index (χ1n) is 6.23. The van der Waals surface area contributed by atoms with Gasteiger partial charge in [-0.1, -0.05) is 42.5 Å². The SMILES string of the molecule is CNNC(=O)CCCc1ccc2ccccc2c1. The molecule has 0 aliphatic rings. The number of rotatable bonds is 5. The van der Waals surface area contributed by atoms with Crippen molar-refractivity contribution in [3.63, 3.8) is 0 Å². The molecule has 0 fully saturated rings. The molecule has 94 valence electrons. The van der Waals surface area contributed by atoms with Crippen LogP contribution in [0.25, 0.3) is 10.8 Å². The monoisotopic (exact) mass is 242 g/mol. The van der Waals surface area contributed by atoms with Gasteiger partial charge >= 0.3 is 0 Å². The van der Waals surface area contributed by atoms with Gasteiger partial charge in [-0.2, -0.15) is 0 Å². The summed E-state index contributed by atoms with van der Waals surface area (Å²) in [6, 6.07) is 14.8. The van der Waals surface area contributed by atoms with Crippen molar-refractivity contribution < 1.29 is 4.79 Å². The summed E-state index contributed by atoms with van der Waals surface area (Å²) in [4.78, 5) is 11.3. The lowest BCUT2D eigenvalue weighted by Gasteiger charge is -2.04. The van der Waals surface area contributed by atoms with E-state index in [2.05, 4.69) is 41.2 Å². The minimum atomic E-state index is 0.0401. The van der Waals surface area contributed by atoms with Crippen LogP contribution in [0.3, 0.4) is 0 Å². The van der Waals surface area contributed by atoms with Gasteiger partial charge in [-0.15, -0.1) is 0 Å². The Kier molecular flexibility index (Phi) is 4.31. The Hall–Kier alpha value is -1.87. The molecule has 0 radical (unpaired) electrons. The lowest BCUT2D eigenvalue weighted by atomic mass is 10.0. The molecule has 0 atom stereocenters. The molecule has 0 unspecified atom stereocenters. The molecule has 0 saturated carbocycles. The smallest absolute Gasteiger partial charge is 0.234 e. The molecule has 0 bridgehead atoms. The zero-order valence-electron chi connectivity index (χ0n) is 10.6. The minimum absolute atomic E-state index is 0.0401. The summed E-state index contributed by atoms with van der Waals surface area (Å²) in [6.07, 6.45) is 2.35. The number of carbonyl (C=O) groups excluding carboxylic acids is 1. The van der Waals surface area contributed by atoms with Crippen LogP contribution in [0, 0.1) is 0 Å². The van der Waals surface area contributed by atoms with Crippen molar-refractivity contribution in [3.8, 4) is 0 Å². The summed E-state index contributed by atoms with van der Waals surface area (Å²) in [5, 5.41) is 2.52. The van der Waals surface area contributed by atoms with Crippen LogP contribution < -0.4 is 10.9 Å². The number of nitrogens with one attached hydrogen (secondary N) is 2. The van der Waals surface area contributed by atoms with Gasteiger partial charge in [0.1, 0.15) is 0 Å². The minimum Gasteiger partial charge on any atom is -0.292 e. The molecular formula is C15H18N2O. The van der Waals surface area contributed by atoms with Gasteiger partial charge in [0.05, 0.1) is 0 Å². The predicted molar refractivity (Wildman–Crippen MR) is 74.1 cm³/mol. The Labute approximate surface area is 107 Å². The Bertz CT molecular complexity index is 537. The number of amides is 1. The van der Waals surface area contributed by atoms with Gasteiger partial charge < -0.3 is 0 Å². The topological polar surface area (TPSA) is 41.1 Å². The van der Waals surface area contributed by atoms with Gasteiger partial charge in [-0.05, 0) is 29.2 Å². The standard InChI is InChI=1S/C15H18N2O/c1-16-17-15(18)8-4-5-12-9-10-13-6-2-3-7-14(13)11-12/h2-3,6-7,9-11,16H,4-5,8H2,1H3,(H,17,18). The van der Waals surface area contributed by atoms with Crippen molar-refractivity contribution in [2.45, 2.75) is 19.3 Å². The molecule has 0 aliphatic heterocycles. The summed E-state index contributed by atoms with van der Waals surface area (Å²) >= 11 is 0. The van der Waals surface area contributed by atoms with Crippen molar-refractivity contribution in [2.24, 2.45) is 0 Å². The fourth-order valence-electron chi connectivity index (χ4n) is 2.05. The lowest BCUT2D eigenvalue weighted by molar-refractivity contribution is -0.122. The number of hydrazine groups is 1. The second-order valence-electron chi connectivity index (χ2n) is 4.33. The Balaban J connectivity index is 1.93. The number of benzene rings is 2. The quantitative estimate of drug-likeness (QED) is 0.791. The molecule has 0 aliphatic carbocycles.